The summed E-state index contributed by atoms with van der Waals surface area (Å²) in [5, 5.41) is 18.7. The zero-order valence-corrected chi connectivity index (χ0v) is 24.8. The van der Waals surface area contributed by atoms with E-state index in [1.165, 1.54) is 29.6 Å². The van der Waals surface area contributed by atoms with E-state index in [1.54, 1.807) is 60.7 Å². The Morgan fingerprint density at radius 2 is 1.55 bits per heavy atom. The minimum atomic E-state index is -4.57. The van der Waals surface area contributed by atoms with Crippen LogP contribution in [-0.4, -0.2) is 80.0 Å². The number of aliphatic hydroxyl groups is 1. The molecular formula is C32H30F6N6O3. The standard InChI is InChI=1S/C32H30F6N6O3/c33-30(34,35)17-28(45)43-14-12-42(13-15-43)19-22-10-11-39-27(16-22)41-29(46)32(47,24-6-2-1-3-7-24)26-9-5-4-8-25(26)23-18-40-44(20-23)21-31(36,37)38/h1-11,16,18,20,47H,12-15,17,19,21H2,(H,39,41,46). The first kappa shape index (κ1) is 33.6. The molecule has 2 aromatic heterocycles. The van der Waals surface area contributed by atoms with Crippen LogP contribution in [0.25, 0.3) is 11.1 Å². The van der Waals surface area contributed by atoms with Gasteiger partial charge in [0.05, 0.1) is 6.20 Å². The second kappa shape index (κ2) is 13.5. The molecule has 2 amide bonds. The van der Waals surface area contributed by atoms with Crippen LogP contribution in [0.4, 0.5) is 32.2 Å². The molecule has 9 nitrogen and oxygen atoms in total. The number of alkyl halides is 6. The molecule has 1 unspecified atom stereocenters. The Labute approximate surface area is 265 Å². The maximum Gasteiger partial charge on any atom is 0.408 e. The molecule has 5 rings (SSSR count). The van der Waals surface area contributed by atoms with Crippen LogP contribution < -0.4 is 5.32 Å². The monoisotopic (exact) mass is 660 g/mol. The van der Waals surface area contributed by atoms with Gasteiger partial charge in [0.1, 0.15) is 18.8 Å². The van der Waals surface area contributed by atoms with E-state index in [-0.39, 0.29) is 41.2 Å². The van der Waals surface area contributed by atoms with Crippen LogP contribution >= 0.6 is 0 Å². The topological polar surface area (TPSA) is 104 Å². The fourth-order valence-corrected chi connectivity index (χ4v) is 5.46. The van der Waals surface area contributed by atoms with Crippen molar-refractivity contribution in [3.8, 4) is 11.1 Å². The van der Waals surface area contributed by atoms with Gasteiger partial charge in [-0.05, 0) is 28.8 Å². The molecule has 0 spiro atoms. The summed E-state index contributed by atoms with van der Waals surface area (Å²) < 4.78 is 77.6. The molecule has 2 aromatic carbocycles. The van der Waals surface area contributed by atoms with Crippen molar-refractivity contribution in [3.05, 3.63) is 102 Å². The number of amides is 2. The molecule has 3 heterocycles. The van der Waals surface area contributed by atoms with Crippen molar-refractivity contribution >= 4 is 17.6 Å². The number of hydrogen-bond donors (Lipinski definition) is 2. The van der Waals surface area contributed by atoms with Crippen molar-refractivity contribution in [2.75, 3.05) is 31.5 Å². The van der Waals surface area contributed by atoms with Crippen LogP contribution in [0.15, 0.2) is 85.3 Å². The molecule has 0 aliphatic carbocycles. The minimum absolute atomic E-state index is 0.101. The summed E-state index contributed by atoms with van der Waals surface area (Å²) in [5.41, 5.74) is -0.762. The molecule has 4 aromatic rings. The first-order chi connectivity index (χ1) is 22.2. The highest BCUT2D eigenvalue weighted by Crippen LogP contribution is 2.38. The average Bonchev–Trinajstić information content (AvgIpc) is 3.47. The Bertz CT molecular complexity index is 1700. The van der Waals surface area contributed by atoms with Gasteiger partial charge in [-0.2, -0.15) is 31.4 Å². The van der Waals surface area contributed by atoms with E-state index in [9.17, 15) is 41.0 Å². The number of nitrogens with one attached hydrogen (secondary N) is 1. The number of carbonyl (C=O) groups is 2. The van der Waals surface area contributed by atoms with E-state index >= 15 is 0 Å². The maximum absolute atomic E-state index is 14.0. The fourth-order valence-electron chi connectivity index (χ4n) is 5.46. The van der Waals surface area contributed by atoms with Crippen molar-refractivity contribution in [1.82, 2.24) is 24.6 Å². The summed E-state index contributed by atoms with van der Waals surface area (Å²) in [4.78, 5) is 33.3. The molecular weight excluding hydrogens is 630 g/mol. The number of pyridine rings is 1. The lowest BCUT2D eigenvalue weighted by Gasteiger charge is -2.35. The molecule has 47 heavy (non-hydrogen) atoms. The number of piperazine rings is 1. The summed E-state index contributed by atoms with van der Waals surface area (Å²) in [7, 11) is 0. The first-order valence-corrected chi connectivity index (χ1v) is 14.5. The molecule has 248 valence electrons. The normalized spacial score (nSPS) is 15.7. The SMILES string of the molecule is O=C(CC(F)(F)F)N1CCN(Cc2ccnc(NC(=O)C(O)(c3ccccc3)c3ccccc3-c3cnn(CC(F)(F)F)c3)c2)CC1. The van der Waals surface area contributed by atoms with Gasteiger partial charge in [0.25, 0.3) is 5.91 Å². The summed E-state index contributed by atoms with van der Waals surface area (Å²) in [6, 6.07) is 17.7. The smallest absolute Gasteiger partial charge is 0.372 e. The van der Waals surface area contributed by atoms with Gasteiger partial charge < -0.3 is 15.3 Å². The Kier molecular flexibility index (Phi) is 9.68. The molecule has 1 saturated heterocycles. The molecule has 2 N–H and O–H groups in total. The number of rotatable bonds is 9. The lowest BCUT2D eigenvalue weighted by molar-refractivity contribution is -0.162. The quantitative estimate of drug-likeness (QED) is 0.246. The van der Waals surface area contributed by atoms with Crippen LogP contribution in [0.5, 0.6) is 0 Å². The van der Waals surface area contributed by atoms with Crippen molar-refractivity contribution in [2.24, 2.45) is 0 Å². The molecule has 1 atom stereocenters. The third-order valence-electron chi connectivity index (χ3n) is 7.67. The minimum Gasteiger partial charge on any atom is -0.372 e. The Balaban J connectivity index is 1.36. The van der Waals surface area contributed by atoms with Crippen LogP contribution in [0.1, 0.15) is 23.1 Å². The van der Waals surface area contributed by atoms with E-state index in [4.69, 9.17) is 0 Å². The van der Waals surface area contributed by atoms with E-state index in [0.717, 1.165) is 4.68 Å². The summed E-state index contributed by atoms with van der Waals surface area (Å²) >= 11 is 0. The van der Waals surface area contributed by atoms with Crippen LogP contribution in [0, 0.1) is 0 Å². The predicted molar refractivity (Wildman–Crippen MR) is 159 cm³/mol. The number of carbonyl (C=O) groups excluding carboxylic acids is 2. The van der Waals surface area contributed by atoms with E-state index in [1.807, 2.05) is 4.90 Å². The van der Waals surface area contributed by atoms with Gasteiger partial charge in [0.2, 0.25) is 5.91 Å². The highest BCUT2D eigenvalue weighted by atomic mass is 19.4. The number of anilines is 1. The van der Waals surface area contributed by atoms with Crippen LogP contribution in [0.3, 0.4) is 0 Å². The largest absolute Gasteiger partial charge is 0.408 e. The Morgan fingerprint density at radius 1 is 0.872 bits per heavy atom. The molecule has 0 bridgehead atoms. The maximum atomic E-state index is 14.0. The molecule has 0 saturated carbocycles. The van der Waals surface area contributed by atoms with Gasteiger partial charge >= 0.3 is 12.4 Å². The van der Waals surface area contributed by atoms with Gasteiger partial charge in [0.15, 0.2) is 5.60 Å². The third-order valence-corrected chi connectivity index (χ3v) is 7.67. The molecule has 1 fully saturated rings. The van der Waals surface area contributed by atoms with E-state index in [0.29, 0.717) is 25.2 Å². The number of nitrogens with zero attached hydrogens (tertiary/aromatic N) is 5. The van der Waals surface area contributed by atoms with Gasteiger partial charge in [-0.25, -0.2) is 4.98 Å². The zero-order chi connectivity index (χ0) is 33.8. The van der Waals surface area contributed by atoms with Crippen molar-refractivity contribution in [1.29, 1.82) is 0 Å². The second-order valence-electron chi connectivity index (χ2n) is 11.1. The third kappa shape index (κ3) is 8.34. The van der Waals surface area contributed by atoms with Crippen molar-refractivity contribution in [3.63, 3.8) is 0 Å². The second-order valence-corrected chi connectivity index (χ2v) is 11.1. The average molecular weight is 661 g/mol. The van der Waals surface area contributed by atoms with Gasteiger partial charge in [-0.1, -0.05) is 54.6 Å². The van der Waals surface area contributed by atoms with Crippen molar-refractivity contribution in [2.45, 2.75) is 37.5 Å². The van der Waals surface area contributed by atoms with Crippen LogP contribution in [-0.2, 0) is 28.3 Å². The van der Waals surface area contributed by atoms with Crippen molar-refractivity contribution < 1.29 is 41.0 Å². The summed E-state index contributed by atoms with van der Waals surface area (Å²) in [6.07, 6.45) is -6.70. The molecule has 1 aliphatic rings. The summed E-state index contributed by atoms with van der Waals surface area (Å²) in [6.45, 7) is 0.0206. The zero-order valence-electron chi connectivity index (χ0n) is 24.8. The predicted octanol–water partition coefficient (Wildman–Crippen LogP) is 4.98. The molecule has 1 aliphatic heterocycles. The highest BCUT2D eigenvalue weighted by molar-refractivity contribution is 6.01. The Hall–Kier alpha value is -4.76. The summed E-state index contributed by atoms with van der Waals surface area (Å²) in [5.74, 6) is -1.73. The number of hydrogen-bond acceptors (Lipinski definition) is 6. The number of halogens is 6. The lowest BCUT2D eigenvalue weighted by Crippen LogP contribution is -2.49. The highest BCUT2D eigenvalue weighted by Gasteiger charge is 2.42. The van der Waals surface area contributed by atoms with Gasteiger partial charge in [0, 0.05) is 56.2 Å². The molecule has 0 radical (unpaired) electrons. The van der Waals surface area contributed by atoms with E-state index < -0.39 is 42.7 Å². The fraction of sp³-hybridized carbons (Fsp3) is 0.312. The van der Waals surface area contributed by atoms with Gasteiger partial charge in [-0.15, -0.1) is 0 Å². The first-order valence-electron chi connectivity index (χ1n) is 14.5. The van der Waals surface area contributed by atoms with E-state index in [2.05, 4.69) is 15.4 Å². The lowest BCUT2D eigenvalue weighted by atomic mass is 9.81. The number of benzene rings is 2. The Morgan fingerprint density at radius 3 is 2.23 bits per heavy atom. The number of aromatic nitrogens is 3. The van der Waals surface area contributed by atoms with Crippen LogP contribution in [0.2, 0.25) is 0 Å². The molecule has 15 heteroatoms. The van der Waals surface area contributed by atoms with Gasteiger partial charge in [-0.3, -0.25) is 19.2 Å².